The second-order valence-corrected chi connectivity index (χ2v) is 9.86. The van der Waals surface area contributed by atoms with Gasteiger partial charge >= 0.3 is 6.18 Å². The molecule has 0 unspecified atom stereocenters. The Morgan fingerprint density at radius 1 is 1.16 bits per heavy atom. The van der Waals surface area contributed by atoms with Gasteiger partial charge in [-0.05, 0) is 51.9 Å². The van der Waals surface area contributed by atoms with Crippen molar-refractivity contribution in [2.45, 2.75) is 44.9 Å². The molecule has 6 heterocycles. The Hall–Kier alpha value is -3.51. The molecule has 6 rings (SSSR count). The normalized spacial score (nSPS) is 19.4. The lowest BCUT2D eigenvalue weighted by Gasteiger charge is -2.34. The van der Waals surface area contributed by atoms with E-state index in [-0.39, 0.29) is 17.6 Å². The summed E-state index contributed by atoms with van der Waals surface area (Å²) in [5.41, 5.74) is 1.62. The van der Waals surface area contributed by atoms with E-state index in [1.54, 1.807) is 25.4 Å². The number of nitrogens with zero attached hydrogens (tertiary/aromatic N) is 7. The molecule has 1 atom stereocenters. The van der Waals surface area contributed by atoms with Crippen LogP contribution in [-0.4, -0.2) is 68.3 Å². The number of hydrogen-bond acceptors (Lipinski definition) is 7. The van der Waals surface area contributed by atoms with Crippen LogP contribution in [0.2, 0.25) is 0 Å². The maximum Gasteiger partial charge on any atom is 0.433 e. The van der Waals surface area contributed by atoms with Crippen LogP contribution in [0.15, 0.2) is 36.7 Å². The molecule has 4 aromatic rings. The van der Waals surface area contributed by atoms with E-state index in [0.29, 0.717) is 79.8 Å². The van der Waals surface area contributed by atoms with Crippen LogP contribution in [0.1, 0.15) is 37.2 Å². The van der Waals surface area contributed by atoms with Gasteiger partial charge in [0.05, 0.1) is 59.7 Å². The smallest absolute Gasteiger partial charge is 0.377 e. The number of rotatable bonds is 4. The molecule has 0 amide bonds. The first-order valence-electron chi connectivity index (χ1n) is 12.8. The third-order valence-electron chi connectivity index (χ3n) is 7.33. The first-order chi connectivity index (χ1) is 18.3. The van der Waals surface area contributed by atoms with Gasteiger partial charge in [-0.25, -0.2) is 9.50 Å². The van der Waals surface area contributed by atoms with E-state index in [4.69, 9.17) is 9.72 Å². The van der Waals surface area contributed by atoms with Gasteiger partial charge in [0.15, 0.2) is 11.3 Å². The van der Waals surface area contributed by atoms with Gasteiger partial charge in [-0.15, -0.1) is 0 Å². The largest absolute Gasteiger partial charge is 0.433 e. The first kappa shape index (κ1) is 24.8. The Balaban J connectivity index is 1.62. The highest BCUT2D eigenvalue weighted by Crippen LogP contribution is 2.42. The van der Waals surface area contributed by atoms with Crippen LogP contribution in [0.25, 0.3) is 28.2 Å². The first-order valence-corrected chi connectivity index (χ1v) is 12.8. The maximum atomic E-state index is 14.8. The average Bonchev–Trinajstić information content (AvgIpc) is 3.51. The van der Waals surface area contributed by atoms with Crippen molar-refractivity contribution in [3.05, 3.63) is 48.0 Å². The van der Waals surface area contributed by atoms with Crippen molar-refractivity contribution in [2.24, 2.45) is 0 Å². The molecule has 0 bridgehead atoms. The van der Waals surface area contributed by atoms with Crippen molar-refractivity contribution in [2.75, 3.05) is 37.7 Å². The molecular formula is C26H29F3N8O. The minimum Gasteiger partial charge on any atom is -0.377 e. The van der Waals surface area contributed by atoms with Gasteiger partial charge in [0.1, 0.15) is 5.82 Å². The number of alkyl halides is 3. The van der Waals surface area contributed by atoms with E-state index in [2.05, 4.69) is 25.4 Å². The third-order valence-corrected chi connectivity index (χ3v) is 7.33. The summed E-state index contributed by atoms with van der Waals surface area (Å²) in [5.74, 6) is 0.572. The summed E-state index contributed by atoms with van der Waals surface area (Å²) in [5, 5.41) is 12.2. The molecule has 4 aromatic heterocycles. The molecule has 0 saturated carbocycles. The maximum absolute atomic E-state index is 14.8. The molecule has 200 valence electrons. The number of aryl methyl sites for hydroxylation is 1. The summed E-state index contributed by atoms with van der Waals surface area (Å²) in [4.78, 5) is 11.4. The predicted octanol–water partition coefficient (Wildman–Crippen LogP) is 4.13. The van der Waals surface area contributed by atoms with Crippen molar-refractivity contribution < 1.29 is 17.9 Å². The lowest BCUT2D eigenvalue weighted by molar-refractivity contribution is -0.144. The van der Waals surface area contributed by atoms with Crippen LogP contribution < -0.4 is 10.2 Å². The molecule has 0 aromatic carbocycles. The predicted molar refractivity (Wildman–Crippen MR) is 136 cm³/mol. The van der Waals surface area contributed by atoms with Gasteiger partial charge in [-0.2, -0.15) is 23.4 Å². The van der Waals surface area contributed by atoms with Crippen LogP contribution in [0.4, 0.5) is 19.0 Å². The molecule has 0 aliphatic carbocycles. The Kier molecular flexibility index (Phi) is 6.31. The van der Waals surface area contributed by atoms with Gasteiger partial charge in [0, 0.05) is 18.8 Å². The molecule has 2 fully saturated rings. The number of aromatic nitrogens is 6. The molecular weight excluding hydrogens is 497 g/mol. The molecule has 2 saturated heterocycles. The van der Waals surface area contributed by atoms with Crippen LogP contribution in [0.5, 0.6) is 0 Å². The minimum atomic E-state index is -4.61. The number of pyridine rings is 1. The van der Waals surface area contributed by atoms with Crippen LogP contribution in [0, 0.1) is 6.92 Å². The number of piperidine rings is 1. The number of ether oxygens (including phenoxy) is 1. The van der Waals surface area contributed by atoms with E-state index in [9.17, 15) is 13.2 Å². The zero-order valence-electron chi connectivity index (χ0n) is 21.2. The zero-order chi connectivity index (χ0) is 26.4. The summed E-state index contributed by atoms with van der Waals surface area (Å²) in [7, 11) is 0. The minimum absolute atomic E-state index is 0.00779. The lowest BCUT2D eigenvalue weighted by atomic mass is 10.0. The quantitative estimate of drug-likeness (QED) is 0.428. The van der Waals surface area contributed by atoms with E-state index in [0.717, 1.165) is 0 Å². The second kappa shape index (κ2) is 9.66. The highest BCUT2D eigenvalue weighted by molar-refractivity contribution is 5.80. The standard InChI is InChI=1S/C26H29F3N8O/c1-16-15-38-12-11-35(16)22-13-21(37-25(33-22)19(14-32-37)20-5-3-4-8-31-20)23-17(2)34-36(24(23)26(27,28)29)18-6-9-30-10-7-18/h3-5,8,13-14,16,18,30H,6-7,9-12,15H2,1-2H3/t16-/m1/s1. The Labute approximate surface area is 217 Å². The molecule has 1 N–H and O–H groups in total. The number of halogens is 3. The second-order valence-electron chi connectivity index (χ2n) is 9.86. The molecule has 9 nitrogen and oxygen atoms in total. The van der Waals surface area contributed by atoms with E-state index >= 15 is 0 Å². The summed E-state index contributed by atoms with van der Waals surface area (Å²) in [6.07, 6.45) is -0.168. The van der Waals surface area contributed by atoms with E-state index < -0.39 is 11.9 Å². The molecule has 38 heavy (non-hydrogen) atoms. The number of morpholine rings is 1. The zero-order valence-corrected chi connectivity index (χ0v) is 21.2. The van der Waals surface area contributed by atoms with Crippen molar-refractivity contribution in [3.63, 3.8) is 0 Å². The van der Waals surface area contributed by atoms with Crippen LogP contribution >= 0.6 is 0 Å². The molecule has 0 spiro atoms. The van der Waals surface area contributed by atoms with Crippen molar-refractivity contribution in [3.8, 4) is 22.5 Å². The topological polar surface area (TPSA) is 85.4 Å². The van der Waals surface area contributed by atoms with Gasteiger partial charge < -0.3 is 15.0 Å². The number of nitrogens with one attached hydrogen (secondary N) is 1. The highest BCUT2D eigenvalue weighted by atomic mass is 19.4. The Morgan fingerprint density at radius 3 is 2.68 bits per heavy atom. The fraction of sp³-hybridized carbons (Fsp3) is 0.462. The lowest BCUT2D eigenvalue weighted by Crippen LogP contribution is -2.44. The molecule has 2 aliphatic rings. The summed E-state index contributed by atoms with van der Waals surface area (Å²) >= 11 is 0. The van der Waals surface area contributed by atoms with E-state index in [1.165, 1.54) is 9.20 Å². The number of fused-ring (bicyclic) bond motifs is 1. The van der Waals surface area contributed by atoms with Gasteiger partial charge in [0.2, 0.25) is 0 Å². The summed E-state index contributed by atoms with van der Waals surface area (Å²) in [6, 6.07) is 6.88. The van der Waals surface area contributed by atoms with Crippen molar-refractivity contribution in [1.29, 1.82) is 0 Å². The Bertz CT molecular complexity index is 1440. The van der Waals surface area contributed by atoms with Crippen LogP contribution in [0.3, 0.4) is 0 Å². The summed E-state index contributed by atoms with van der Waals surface area (Å²) in [6.45, 7) is 6.56. The molecule has 2 aliphatic heterocycles. The molecule has 0 radical (unpaired) electrons. The van der Waals surface area contributed by atoms with Crippen molar-refractivity contribution in [1.82, 2.24) is 34.7 Å². The highest BCUT2D eigenvalue weighted by Gasteiger charge is 2.42. The average molecular weight is 527 g/mol. The van der Waals surface area contributed by atoms with Crippen molar-refractivity contribution >= 4 is 11.5 Å². The van der Waals surface area contributed by atoms with Crippen LogP contribution in [-0.2, 0) is 10.9 Å². The summed E-state index contributed by atoms with van der Waals surface area (Å²) < 4.78 is 52.7. The van der Waals surface area contributed by atoms with Gasteiger partial charge in [-0.3, -0.25) is 9.67 Å². The fourth-order valence-corrected chi connectivity index (χ4v) is 5.49. The van der Waals surface area contributed by atoms with Gasteiger partial charge in [-0.1, -0.05) is 6.07 Å². The SMILES string of the molecule is Cc1nn(C2CCNCC2)c(C(F)(F)F)c1-c1cc(N2CCOC[C@H]2C)nc2c(-c3ccccn3)cnn12. The monoisotopic (exact) mass is 526 g/mol. The fourth-order valence-electron chi connectivity index (χ4n) is 5.49. The Morgan fingerprint density at radius 2 is 1.97 bits per heavy atom. The number of anilines is 1. The van der Waals surface area contributed by atoms with E-state index in [1.807, 2.05) is 25.1 Å². The third kappa shape index (κ3) is 4.31. The molecule has 12 heteroatoms. The van der Waals surface area contributed by atoms with Gasteiger partial charge in [0.25, 0.3) is 0 Å². The number of hydrogen-bond donors (Lipinski definition) is 1.